The van der Waals surface area contributed by atoms with Gasteiger partial charge in [0.25, 0.3) is 0 Å². The number of halogens is 1. The summed E-state index contributed by atoms with van der Waals surface area (Å²) in [6.45, 7) is 3.87. The quantitative estimate of drug-likeness (QED) is 0.884. The van der Waals surface area contributed by atoms with Crippen LogP contribution >= 0.6 is 22.9 Å². The second-order valence-corrected chi connectivity index (χ2v) is 6.63. The van der Waals surface area contributed by atoms with E-state index in [9.17, 15) is 9.90 Å². The molecule has 0 unspecified atom stereocenters. The van der Waals surface area contributed by atoms with Crippen LogP contribution in [0.2, 0.25) is 5.02 Å². The van der Waals surface area contributed by atoms with E-state index < -0.39 is 11.5 Å². The van der Waals surface area contributed by atoms with E-state index in [2.05, 4.69) is 5.32 Å². The highest BCUT2D eigenvalue weighted by molar-refractivity contribution is 7.07. The molecule has 0 aliphatic carbocycles. The van der Waals surface area contributed by atoms with Crippen molar-refractivity contribution in [2.75, 3.05) is 6.54 Å². The number of amides is 1. The van der Waals surface area contributed by atoms with Crippen molar-refractivity contribution in [1.82, 2.24) is 5.32 Å². The molecule has 0 fully saturated rings. The maximum atomic E-state index is 12.4. The van der Waals surface area contributed by atoms with Crippen molar-refractivity contribution >= 4 is 28.8 Å². The summed E-state index contributed by atoms with van der Waals surface area (Å²) in [6, 6.07) is 9.12. The van der Waals surface area contributed by atoms with Crippen LogP contribution in [0.15, 0.2) is 41.1 Å². The first-order valence-electron chi connectivity index (χ1n) is 6.66. The third kappa shape index (κ3) is 3.84. The number of hydrogen-bond donors (Lipinski definition) is 2. The predicted molar refractivity (Wildman–Crippen MR) is 86.8 cm³/mol. The molecule has 1 amide bonds. The van der Waals surface area contributed by atoms with Gasteiger partial charge in [-0.25, -0.2) is 0 Å². The number of thiophene rings is 1. The Morgan fingerprint density at radius 2 is 2.19 bits per heavy atom. The molecule has 5 heteroatoms. The van der Waals surface area contributed by atoms with E-state index in [1.165, 1.54) is 11.3 Å². The number of carbonyl (C=O) groups is 1. The third-order valence-electron chi connectivity index (χ3n) is 3.50. The topological polar surface area (TPSA) is 49.3 Å². The summed E-state index contributed by atoms with van der Waals surface area (Å²) in [5, 5.41) is 17.2. The highest BCUT2D eigenvalue weighted by Gasteiger charge is 2.30. The smallest absolute Gasteiger partial charge is 0.230 e. The Morgan fingerprint density at radius 3 is 2.81 bits per heavy atom. The summed E-state index contributed by atoms with van der Waals surface area (Å²) >= 11 is 7.50. The molecule has 1 aromatic heterocycles. The van der Waals surface area contributed by atoms with E-state index in [0.717, 1.165) is 11.1 Å². The summed E-state index contributed by atoms with van der Waals surface area (Å²) in [5.74, 6) is -0.140. The standard InChI is InChI=1S/C16H18ClNO2S/c1-16(2,12-4-3-5-13(17)8-12)15(20)18-9-14(19)11-6-7-21-10-11/h3-8,10,14,19H,9H2,1-2H3,(H,18,20)/t14-/m1/s1. The monoisotopic (exact) mass is 323 g/mol. The van der Waals surface area contributed by atoms with E-state index in [4.69, 9.17) is 11.6 Å². The second kappa shape index (κ2) is 6.60. The highest BCUT2D eigenvalue weighted by atomic mass is 35.5. The molecule has 0 aliphatic rings. The minimum absolute atomic E-state index is 0.140. The lowest BCUT2D eigenvalue weighted by Crippen LogP contribution is -2.41. The van der Waals surface area contributed by atoms with Crippen molar-refractivity contribution in [3.05, 3.63) is 57.2 Å². The molecule has 21 heavy (non-hydrogen) atoms. The molecule has 2 N–H and O–H groups in total. The minimum atomic E-state index is -0.709. The fourth-order valence-electron chi connectivity index (χ4n) is 2.00. The zero-order valence-electron chi connectivity index (χ0n) is 12.0. The molecule has 2 rings (SSSR count). The van der Waals surface area contributed by atoms with Gasteiger partial charge < -0.3 is 10.4 Å². The van der Waals surface area contributed by atoms with Gasteiger partial charge in [0.2, 0.25) is 5.91 Å². The fourth-order valence-corrected chi connectivity index (χ4v) is 2.90. The van der Waals surface area contributed by atoms with Gasteiger partial charge in [0.05, 0.1) is 11.5 Å². The molecule has 2 aromatic rings. The Labute approximate surface area is 133 Å². The average molecular weight is 324 g/mol. The van der Waals surface area contributed by atoms with Gasteiger partial charge in [0, 0.05) is 11.6 Å². The largest absolute Gasteiger partial charge is 0.387 e. The Bertz CT molecular complexity index is 610. The molecule has 3 nitrogen and oxygen atoms in total. The van der Waals surface area contributed by atoms with Gasteiger partial charge in [0.15, 0.2) is 0 Å². The molecular formula is C16H18ClNO2S. The molecule has 112 valence electrons. The first kappa shape index (κ1) is 16.0. The molecule has 1 aromatic carbocycles. The van der Waals surface area contributed by atoms with Crippen LogP contribution in [0.5, 0.6) is 0 Å². The third-order valence-corrected chi connectivity index (χ3v) is 4.43. The minimum Gasteiger partial charge on any atom is -0.387 e. The van der Waals surface area contributed by atoms with Gasteiger partial charge in [-0.3, -0.25) is 4.79 Å². The zero-order chi connectivity index (χ0) is 15.5. The maximum absolute atomic E-state index is 12.4. The van der Waals surface area contributed by atoms with E-state index >= 15 is 0 Å². The molecule has 0 saturated heterocycles. The van der Waals surface area contributed by atoms with Crippen LogP contribution in [-0.4, -0.2) is 17.6 Å². The Hall–Kier alpha value is -1.36. The van der Waals surface area contributed by atoms with Crippen molar-refractivity contribution < 1.29 is 9.90 Å². The van der Waals surface area contributed by atoms with Gasteiger partial charge in [-0.15, -0.1) is 0 Å². The van der Waals surface area contributed by atoms with Crippen molar-refractivity contribution in [3.8, 4) is 0 Å². The SMILES string of the molecule is CC(C)(C(=O)NC[C@@H](O)c1ccsc1)c1cccc(Cl)c1. The lowest BCUT2D eigenvalue weighted by molar-refractivity contribution is -0.126. The van der Waals surface area contributed by atoms with Gasteiger partial charge >= 0.3 is 0 Å². The highest BCUT2D eigenvalue weighted by Crippen LogP contribution is 2.26. The summed E-state index contributed by atoms with van der Waals surface area (Å²) < 4.78 is 0. The van der Waals surface area contributed by atoms with E-state index in [1.54, 1.807) is 12.1 Å². The van der Waals surface area contributed by atoms with Gasteiger partial charge in [-0.1, -0.05) is 23.7 Å². The van der Waals surface area contributed by atoms with Crippen molar-refractivity contribution in [3.63, 3.8) is 0 Å². The number of carbonyl (C=O) groups excluding carboxylic acids is 1. The average Bonchev–Trinajstić information content (AvgIpc) is 2.98. The van der Waals surface area contributed by atoms with E-state index in [-0.39, 0.29) is 12.5 Å². The van der Waals surface area contributed by atoms with Crippen LogP contribution in [0, 0.1) is 0 Å². The van der Waals surface area contributed by atoms with Gasteiger partial charge in [-0.05, 0) is 53.9 Å². The first-order valence-corrected chi connectivity index (χ1v) is 7.98. The van der Waals surface area contributed by atoms with Crippen LogP contribution in [0.25, 0.3) is 0 Å². The number of aliphatic hydroxyl groups is 1. The number of rotatable bonds is 5. The summed E-state index contributed by atoms with van der Waals surface area (Å²) in [5.41, 5.74) is 0.956. The molecule has 0 radical (unpaired) electrons. The predicted octanol–water partition coefficient (Wildman–Crippen LogP) is 3.53. The van der Waals surface area contributed by atoms with Gasteiger partial charge in [-0.2, -0.15) is 11.3 Å². The van der Waals surface area contributed by atoms with Crippen molar-refractivity contribution in [2.24, 2.45) is 0 Å². The zero-order valence-corrected chi connectivity index (χ0v) is 13.5. The number of nitrogens with one attached hydrogen (secondary N) is 1. The van der Waals surface area contributed by atoms with Crippen LogP contribution in [0.3, 0.4) is 0 Å². The second-order valence-electron chi connectivity index (χ2n) is 5.42. The number of benzene rings is 1. The molecule has 0 bridgehead atoms. The first-order chi connectivity index (χ1) is 9.91. The van der Waals surface area contributed by atoms with Crippen molar-refractivity contribution in [2.45, 2.75) is 25.4 Å². The molecule has 0 spiro atoms. The van der Waals surface area contributed by atoms with E-state index in [0.29, 0.717) is 5.02 Å². The normalized spacial score (nSPS) is 13.0. The van der Waals surface area contributed by atoms with Crippen LogP contribution in [0.4, 0.5) is 0 Å². The summed E-state index contributed by atoms with van der Waals surface area (Å²) in [6.07, 6.45) is -0.685. The molecule has 1 heterocycles. The summed E-state index contributed by atoms with van der Waals surface area (Å²) in [7, 11) is 0. The molecule has 0 aliphatic heterocycles. The lowest BCUT2D eigenvalue weighted by atomic mass is 9.83. The summed E-state index contributed by atoms with van der Waals surface area (Å²) in [4.78, 5) is 12.4. The molecule has 0 saturated carbocycles. The number of aliphatic hydroxyl groups excluding tert-OH is 1. The van der Waals surface area contributed by atoms with Crippen LogP contribution < -0.4 is 5.32 Å². The Balaban J connectivity index is 2.02. The lowest BCUT2D eigenvalue weighted by Gasteiger charge is -2.25. The Kier molecular flexibility index (Phi) is 5.04. The fraction of sp³-hybridized carbons (Fsp3) is 0.312. The van der Waals surface area contributed by atoms with Gasteiger partial charge in [0.1, 0.15) is 0 Å². The van der Waals surface area contributed by atoms with Crippen LogP contribution in [0.1, 0.15) is 31.1 Å². The van der Waals surface area contributed by atoms with Crippen molar-refractivity contribution in [1.29, 1.82) is 0 Å². The number of hydrogen-bond acceptors (Lipinski definition) is 3. The molecular weight excluding hydrogens is 306 g/mol. The maximum Gasteiger partial charge on any atom is 0.230 e. The Morgan fingerprint density at radius 1 is 1.43 bits per heavy atom. The molecule has 1 atom stereocenters. The van der Waals surface area contributed by atoms with E-state index in [1.807, 2.05) is 42.8 Å². The van der Waals surface area contributed by atoms with Crippen LogP contribution in [-0.2, 0) is 10.2 Å².